The molecule has 3 nitrogen and oxygen atoms in total. The third-order valence-electron chi connectivity index (χ3n) is 2.45. The molecule has 0 fully saturated rings. The van der Waals surface area contributed by atoms with Crippen LogP contribution in [0.5, 0.6) is 0 Å². The minimum atomic E-state index is -0.566. The van der Waals surface area contributed by atoms with Gasteiger partial charge in [-0.25, -0.2) is 0 Å². The SMILES string of the molecule is OC(CNCc1ccco1)c1cccc(Cl)c1. The van der Waals surface area contributed by atoms with Crippen LogP contribution in [0.3, 0.4) is 0 Å². The molecule has 0 saturated carbocycles. The fourth-order valence-electron chi connectivity index (χ4n) is 1.58. The fraction of sp³-hybridized carbons (Fsp3) is 0.231. The molecule has 2 aromatic rings. The van der Waals surface area contributed by atoms with Gasteiger partial charge in [0.2, 0.25) is 0 Å². The van der Waals surface area contributed by atoms with Crippen molar-refractivity contribution >= 4 is 11.6 Å². The van der Waals surface area contributed by atoms with Crippen LogP contribution in [0, 0.1) is 0 Å². The van der Waals surface area contributed by atoms with Gasteiger partial charge < -0.3 is 14.8 Å². The number of aliphatic hydroxyl groups excluding tert-OH is 1. The molecule has 0 aliphatic carbocycles. The topological polar surface area (TPSA) is 45.4 Å². The molecule has 0 bridgehead atoms. The molecular weight excluding hydrogens is 238 g/mol. The molecule has 0 aliphatic rings. The van der Waals surface area contributed by atoms with Crippen LogP contribution < -0.4 is 5.32 Å². The molecule has 0 aliphatic heterocycles. The van der Waals surface area contributed by atoms with E-state index < -0.39 is 6.10 Å². The summed E-state index contributed by atoms with van der Waals surface area (Å²) in [6, 6.07) is 11.0. The Morgan fingerprint density at radius 1 is 1.29 bits per heavy atom. The average Bonchev–Trinajstić information content (AvgIpc) is 2.82. The first-order valence-electron chi connectivity index (χ1n) is 5.42. The molecule has 2 rings (SSSR count). The first-order valence-corrected chi connectivity index (χ1v) is 5.80. The van der Waals surface area contributed by atoms with Crippen molar-refractivity contribution in [1.29, 1.82) is 0 Å². The van der Waals surface area contributed by atoms with E-state index in [1.54, 1.807) is 18.4 Å². The lowest BCUT2D eigenvalue weighted by Crippen LogP contribution is -2.20. The molecule has 4 heteroatoms. The second-order valence-electron chi connectivity index (χ2n) is 3.78. The van der Waals surface area contributed by atoms with Gasteiger partial charge in [0.15, 0.2) is 0 Å². The standard InChI is InChI=1S/C13H14ClNO2/c14-11-4-1-3-10(7-11)13(16)9-15-8-12-5-2-6-17-12/h1-7,13,15-16H,8-9H2. The van der Waals surface area contributed by atoms with E-state index in [2.05, 4.69) is 5.32 Å². The fourth-order valence-corrected chi connectivity index (χ4v) is 1.78. The summed E-state index contributed by atoms with van der Waals surface area (Å²) < 4.78 is 5.17. The monoisotopic (exact) mass is 251 g/mol. The van der Waals surface area contributed by atoms with E-state index in [9.17, 15) is 5.11 Å². The van der Waals surface area contributed by atoms with Gasteiger partial charge in [0, 0.05) is 11.6 Å². The van der Waals surface area contributed by atoms with Crippen LogP contribution in [0.25, 0.3) is 0 Å². The molecule has 17 heavy (non-hydrogen) atoms. The third kappa shape index (κ3) is 3.60. The van der Waals surface area contributed by atoms with Crippen LogP contribution in [0.2, 0.25) is 5.02 Å². The Balaban J connectivity index is 1.83. The molecule has 2 N–H and O–H groups in total. The summed E-state index contributed by atoms with van der Waals surface area (Å²) >= 11 is 5.86. The van der Waals surface area contributed by atoms with Crippen LogP contribution in [-0.4, -0.2) is 11.7 Å². The maximum atomic E-state index is 9.92. The normalized spacial score (nSPS) is 12.6. The van der Waals surface area contributed by atoms with Gasteiger partial charge in [0.25, 0.3) is 0 Å². The Kier molecular flexibility index (Phi) is 4.20. The summed E-state index contributed by atoms with van der Waals surface area (Å²) in [6.07, 6.45) is 1.06. The molecular formula is C13H14ClNO2. The molecule has 1 aromatic carbocycles. The van der Waals surface area contributed by atoms with Crippen molar-refractivity contribution < 1.29 is 9.52 Å². The lowest BCUT2D eigenvalue weighted by Gasteiger charge is -2.11. The van der Waals surface area contributed by atoms with Crippen LogP contribution in [-0.2, 0) is 6.54 Å². The average molecular weight is 252 g/mol. The van der Waals surface area contributed by atoms with Gasteiger partial charge in [-0.05, 0) is 29.8 Å². The smallest absolute Gasteiger partial charge is 0.117 e. The Morgan fingerprint density at radius 2 is 2.18 bits per heavy atom. The quantitative estimate of drug-likeness (QED) is 0.859. The highest BCUT2D eigenvalue weighted by molar-refractivity contribution is 6.30. The number of hydrogen-bond acceptors (Lipinski definition) is 3. The first kappa shape index (κ1) is 12.2. The Labute approximate surface area is 105 Å². The lowest BCUT2D eigenvalue weighted by atomic mass is 10.1. The minimum absolute atomic E-state index is 0.459. The molecule has 0 radical (unpaired) electrons. The van der Waals surface area contributed by atoms with E-state index in [0.717, 1.165) is 11.3 Å². The third-order valence-corrected chi connectivity index (χ3v) is 2.69. The number of nitrogens with one attached hydrogen (secondary N) is 1. The van der Waals surface area contributed by atoms with Crippen molar-refractivity contribution in [2.45, 2.75) is 12.6 Å². The zero-order valence-corrected chi connectivity index (χ0v) is 10.0. The number of hydrogen-bond donors (Lipinski definition) is 2. The van der Waals surface area contributed by atoms with E-state index in [1.165, 1.54) is 0 Å². The highest BCUT2D eigenvalue weighted by atomic mass is 35.5. The largest absolute Gasteiger partial charge is 0.468 e. The molecule has 1 heterocycles. The van der Waals surface area contributed by atoms with E-state index in [-0.39, 0.29) is 0 Å². The Morgan fingerprint density at radius 3 is 2.88 bits per heavy atom. The molecule has 0 spiro atoms. The van der Waals surface area contributed by atoms with Crippen LogP contribution in [0.15, 0.2) is 47.1 Å². The van der Waals surface area contributed by atoms with Crippen LogP contribution in [0.1, 0.15) is 17.4 Å². The van der Waals surface area contributed by atoms with Crippen LogP contribution >= 0.6 is 11.6 Å². The highest BCUT2D eigenvalue weighted by Gasteiger charge is 2.07. The van der Waals surface area contributed by atoms with Gasteiger partial charge >= 0.3 is 0 Å². The summed E-state index contributed by atoms with van der Waals surface area (Å²) in [6.45, 7) is 1.06. The summed E-state index contributed by atoms with van der Waals surface area (Å²) in [7, 11) is 0. The highest BCUT2D eigenvalue weighted by Crippen LogP contribution is 2.17. The minimum Gasteiger partial charge on any atom is -0.468 e. The molecule has 0 amide bonds. The summed E-state index contributed by atoms with van der Waals surface area (Å²) in [4.78, 5) is 0. The molecule has 0 saturated heterocycles. The van der Waals surface area contributed by atoms with Gasteiger partial charge in [-0.2, -0.15) is 0 Å². The summed E-state index contributed by atoms with van der Waals surface area (Å²) in [5.41, 5.74) is 0.810. The number of furan rings is 1. The summed E-state index contributed by atoms with van der Waals surface area (Å²) in [5, 5.41) is 13.7. The van der Waals surface area contributed by atoms with Gasteiger partial charge in [0.1, 0.15) is 5.76 Å². The van der Waals surface area contributed by atoms with Gasteiger partial charge in [0.05, 0.1) is 18.9 Å². The van der Waals surface area contributed by atoms with E-state index in [1.807, 2.05) is 24.3 Å². The van der Waals surface area contributed by atoms with Crippen LogP contribution in [0.4, 0.5) is 0 Å². The zero-order chi connectivity index (χ0) is 12.1. The molecule has 90 valence electrons. The van der Waals surface area contributed by atoms with Crippen molar-refractivity contribution in [3.8, 4) is 0 Å². The predicted molar refractivity (Wildman–Crippen MR) is 66.8 cm³/mol. The van der Waals surface area contributed by atoms with Crippen molar-refractivity contribution in [2.24, 2.45) is 0 Å². The lowest BCUT2D eigenvalue weighted by molar-refractivity contribution is 0.173. The number of rotatable bonds is 5. The van der Waals surface area contributed by atoms with Crippen molar-refractivity contribution in [1.82, 2.24) is 5.32 Å². The summed E-state index contributed by atoms with van der Waals surface area (Å²) in [5.74, 6) is 0.850. The van der Waals surface area contributed by atoms with E-state index in [4.69, 9.17) is 16.0 Å². The van der Waals surface area contributed by atoms with E-state index >= 15 is 0 Å². The molecule has 1 atom stereocenters. The van der Waals surface area contributed by atoms with E-state index in [0.29, 0.717) is 18.1 Å². The number of aliphatic hydroxyl groups is 1. The Bertz CT molecular complexity index is 456. The maximum absolute atomic E-state index is 9.92. The van der Waals surface area contributed by atoms with Crippen molar-refractivity contribution in [2.75, 3.05) is 6.54 Å². The number of benzene rings is 1. The zero-order valence-electron chi connectivity index (χ0n) is 9.27. The first-order chi connectivity index (χ1) is 8.25. The van der Waals surface area contributed by atoms with Gasteiger partial charge in [-0.3, -0.25) is 0 Å². The second-order valence-corrected chi connectivity index (χ2v) is 4.22. The predicted octanol–water partition coefficient (Wildman–Crippen LogP) is 2.76. The molecule has 1 unspecified atom stereocenters. The maximum Gasteiger partial charge on any atom is 0.117 e. The van der Waals surface area contributed by atoms with Crippen molar-refractivity contribution in [3.05, 3.63) is 59.0 Å². The van der Waals surface area contributed by atoms with Crippen molar-refractivity contribution in [3.63, 3.8) is 0 Å². The Hall–Kier alpha value is -1.29. The molecule has 1 aromatic heterocycles. The number of halogens is 1. The second kappa shape index (κ2) is 5.87. The van der Waals surface area contributed by atoms with Gasteiger partial charge in [-0.1, -0.05) is 23.7 Å². The van der Waals surface area contributed by atoms with Gasteiger partial charge in [-0.15, -0.1) is 0 Å².